The Hall–Kier alpha value is -2.01. The van der Waals surface area contributed by atoms with Crippen LogP contribution in [0.2, 0.25) is 5.02 Å². The smallest absolute Gasteiger partial charge is 0.456 e. The maximum atomic E-state index is 13.3. The van der Waals surface area contributed by atoms with Gasteiger partial charge in [-0.15, -0.1) is 0 Å². The van der Waals surface area contributed by atoms with Gasteiger partial charge >= 0.3 is 11.7 Å². The van der Waals surface area contributed by atoms with Crippen molar-refractivity contribution in [2.24, 2.45) is 0 Å². The number of benzene rings is 2. The Morgan fingerprint density at radius 3 is 2.04 bits per heavy atom. The molecule has 0 aromatic heterocycles. The molecule has 0 bridgehead atoms. The predicted octanol–water partition coefficient (Wildman–Crippen LogP) is 5.58. The van der Waals surface area contributed by atoms with E-state index in [-0.39, 0.29) is 11.1 Å². The lowest BCUT2D eigenvalue weighted by Crippen LogP contribution is -2.24. The molecule has 3 nitrogen and oxygen atoms in total. The summed E-state index contributed by atoms with van der Waals surface area (Å²) in [5.74, 6) is -2.54. The average Bonchev–Trinajstić information content (AvgIpc) is 2.43. The van der Waals surface area contributed by atoms with Crippen molar-refractivity contribution in [1.82, 2.24) is 0 Å². The lowest BCUT2D eigenvalue weighted by Gasteiger charge is -2.16. The zero-order chi connectivity index (χ0) is 19.9. The highest BCUT2D eigenvalue weighted by Gasteiger charge is 2.49. The van der Waals surface area contributed by atoms with Crippen molar-refractivity contribution in [3.05, 3.63) is 52.8 Å². The Labute approximate surface area is 146 Å². The molecule has 12 heteroatoms. The summed E-state index contributed by atoms with van der Waals surface area (Å²) in [7, 11) is -6.18. The lowest BCUT2D eigenvalue weighted by atomic mass is 10.2. The van der Waals surface area contributed by atoms with Crippen LogP contribution in [0.3, 0.4) is 0 Å². The van der Waals surface area contributed by atoms with Gasteiger partial charge in [0, 0.05) is 11.1 Å². The van der Waals surface area contributed by atoms with Crippen molar-refractivity contribution >= 4 is 21.4 Å². The van der Waals surface area contributed by atoms with Crippen LogP contribution in [0.5, 0.6) is 11.5 Å². The second kappa shape index (κ2) is 6.62. The number of rotatable bonds is 3. The van der Waals surface area contributed by atoms with Crippen molar-refractivity contribution < 1.29 is 43.9 Å². The average molecular weight is 423 g/mol. The topological polar surface area (TPSA) is 43.4 Å². The van der Waals surface area contributed by atoms with Gasteiger partial charge in [-0.2, -0.15) is 26.3 Å². The molecule has 0 atom stereocenters. The third-order valence-electron chi connectivity index (χ3n) is 2.93. The molecule has 0 aliphatic carbocycles. The van der Waals surface area contributed by atoms with E-state index in [0.717, 1.165) is 12.1 Å². The maximum Gasteiger partial charge on any atom is 0.502 e. The molecule has 0 spiro atoms. The van der Waals surface area contributed by atoms with Crippen LogP contribution >= 0.6 is 11.6 Å². The van der Waals surface area contributed by atoms with Crippen LogP contribution in [-0.2, 0) is 16.0 Å². The molecule has 0 radical (unpaired) electrons. The van der Waals surface area contributed by atoms with Crippen LogP contribution < -0.4 is 4.74 Å². The van der Waals surface area contributed by atoms with E-state index in [1.54, 1.807) is 0 Å². The molecule has 0 N–H and O–H groups in total. The van der Waals surface area contributed by atoms with Crippen molar-refractivity contribution in [2.45, 2.75) is 16.6 Å². The molecule has 0 heterocycles. The largest absolute Gasteiger partial charge is 0.502 e. The van der Waals surface area contributed by atoms with Gasteiger partial charge in [0.2, 0.25) is 0 Å². The van der Waals surface area contributed by atoms with E-state index in [4.69, 9.17) is 16.3 Å². The fraction of sp³-hybridized carbons (Fsp3) is 0.143. The van der Waals surface area contributed by atoms with Gasteiger partial charge in [0.1, 0.15) is 22.2 Å². The zero-order valence-corrected chi connectivity index (χ0v) is 13.7. The second-order valence-electron chi connectivity index (χ2n) is 4.82. The van der Waals surface area contributed by atoms with Gasteiger partial charge in [0.15, 0.2) is 0 Å². The van der Waals surface area contributed by atoms with Gasteiger partial charge in [0.05, 0.1) is 5.56 Å². The van der Waals surface area contributed by atoms with Gasteiger partial charge in [0.25, 0.3) is 9.84 Å². The van der Waals surface area contributed by atoms with Gasteiger partial charge in [-0.1, -0.05) is 11.6 Å². The Balaban J connectivity index is 2.66. The molecule has 2 aromatic carbocycles. The molecule has 0 aliphatic heterocycles. The van der Waals surface area contributed by atoms with Crippen LogP contribution in [-0.4, -0.2) is 13.9 Å². The fourth-order valence-corrected chi connectivity index (χ4v) is 2.94. The number of sulfone groups is 1. The fourth-order valence-electron chi connectivity index (χ4n) is 1.82. The van der Waals surface area contributed by atoms with Gasteiger partial charge in [-0.25, -0.2) is 12.8 Å². The van der Waals surface area contributed by atoms with E-state index in [9.17, 15) is 39.2 Å². The Kier molecular flexibility index (Phi) is 5.17. The SMILES string of the molecule is O=S(=O)(c1cc(C(F)(F)F)ccc1Oc1cc(F)cc(Cl)c1)C(F)(F)F. The van der Waals surface area contributed by atoms with E-state index in [1.807, 2.05) is 0 Å². The lowest BCUT2D eigenvalue weighted by molar-refractivity contribution is -0.137. The number of alkyl halides is 6. The standard InChI is InChI=1S/C14H6ClF7O3S/c15-8-4-9(16)6-10(5-8)25-11-2-1-7(13(17,18)19)3-12(11)26(23,24)14(20,21)22/h1-6H. The molecule has 0 saturated heterocycles. The normalized spacial score (nSPS) is 12.9. The Bertz CT molecular complexity index is 916. The summed E-state index contributed by atoms with van der Waals surface area (Å²) in [6.45, 7) is 0. The van der Waals surface area contributed by atoms with Crippen LogP contribution in [0.1, 0.15) is 5.56 Å². The number of halogens is 8. The van der Waals surface area contributed by atoms with Gasteiger partial charge in [-0.05, 0) is 30.3 Å². The minimum atomic E-state index is -6.18. The first-order valence-corrected chi connectivity index (χ1v) is 8.24. The zero-order valence-electron chi connectivity index (χ0n) is 12.1. The summed E-state index contributed by atoms with van der Waals surface area (Å²) < 4.78 is 118. The molecule has 0 fully saturated rings. The van der Waals surface area contributed by atoms with Crippen molar-refractivity contribution in [1.29, 1.82) is 0 Å². The van der Waals surface area contributed by atoms with E-state index in [0.29, 0.717) is 18.2 Å². The first kappa shape index (κ1) is 20.3. The van der Waals surface area contributed by atoms with Crippen LogP contribution in [0, 0.1) is 5.82 Å². The second-order valence-corrected chi connectivity index (χ2v) is 7.16. The minimum Gasteiger partial charge on any atom is -0.456 e. The molecule has 2 rings (SSSR count). The first-order chi connectivity index (χ1) is 11.7. The summed E-state index contributed by atoms with van der Waals surface area (Å²) in [5.41, 5.74) is -7.51. The molecular formula is C14H6ClF7O3S. The van der Waals surface area contributed by atoms with E-state index in [1.165, 1.54) is 0 Å². The number of ether oxygens (including phenoxy) is 1. The van der Waals surface area contributed by atoms with E-state index < -0.39 is 49.3 Å². The van der Waals surface area contributed by atoms with Crippen LogP contribution in [0.4, 0.5) is 30.7 Å². The summed E-state index contributed by atoms with van der Waals surface area (Å²) >= 11 is 5.54. The summed E-state index contributed by atoms with van der Waals surface area (Å²) in [6.07, 6.45) is -5.10. The molecule has 0 saturated carbocycles. The highest BCUT2D eigenvalue weighted by Crippen LogP contribution is 2.41. The predicted molar refractivity (Wildman–Crippen MR) is 76.2 cm³/mol. The van der Waals surface area contributed by atoms with Gasteiger partial charge in [-0.3, -0.25) is 0 Å². The third-order valence-corrected chi connectivity index (χ3v) is 4.65. The van der Waals surface area contributed by atoms with E-state index in [2.05, 4.69) is 0 Å². The summed E-state index contributed by atoms with van der Waals surface area (Å²) in [6, 6.07) is 2.93. The summed E-state index contributed by atoms with van der Waals surface area (Å²) in [4.78, 5) is -1.76. The quantitative estimate of drug-likeness (QED) is 0.606. The monoisotopic (exact) mass is 422 g/mol. The van der Waals surface area contributed by atoms with Gasteiger partial charge < -0.3 is 4.74 Å². The van der Waals surface area contributed by atoms with Crippen molar-refractivity contribution in [3.63, 3.8) is 0 Å². The summed E-state index contributed by atoms with van der Waals surface area (Å²) in [5, 5.41) is -0.229. The van der Waals surface area contributed by atoms with Crippen LogP contribution in [0.15, 0.2) is 41.3 Å². The molecule has 0 unspecified atom stereocenters. The highest BCUT2D eigenvalue weighted by molar-refractivity contribution is 7.92. The number of hydrogen-bond acceptors (Lipinski definition) is 3. The first-order valence-electron chi connectivity index (χ1n) is 6.38. The molecular weight excluding hydrogens is 417 g/mol. The molecule has 142 valence electrons. The third kappa shape index (κ3) is 4.21. The Morgan fingerprint density at radius 2 is 1.54 bits per heavy atom. The van der Waals surface area contributed by atoms with Crippen molar-refractivity contribution in [3.8, 4) is 11.5 Å². The highest BCUT2D eigenvalue weighted by atomic mass is 35.5. The van der Waals surface area contributed by atoms with E-state index >= 15 is 0 Å². The number of hydrogen-bond donors (Lipinski definition) is 0. The van der Waals surface area contributed by atoms with Crippen molar-refractivity contribution in [2.75, 3.05) is 0 Å². The maximum absolute atomic E-state index is 13.3. The minimum absolute atomic E-state index is 0.209. The Morgan fingerprint density at radius 1 is 0.923 bits per heavy atom. The molecule has 0 aliphatic rings. The van der Waals surface area contributed by atoms with Crippen LogP contribution in [0.25, 0.3) is 0 Å². The molecule has 0 amide bonds. The molecule has 26 heavy (non-hydrogen) atoms. The molecule has 2 aromatic rings.